The van der Waals surface area contributed by atoms with Crippen molar-refractivity contribution in [1.29, 1.82) is 0 Å². The number of hydrogen-bond donors (Lipinski definition) is 1. The lowest BCUT2D eigenvalue weighted by atomic mass is 9.93. The maximum atomic E-state index is 11.4. The Hall–Kier alpha value is -1.10. The first-order valence-electron chi connectivity index (χ1n) is 5.69. The Morgan fingerprint density at radius 1 is 1.62 bits per heavy atom. The van der Waals surface area contributed by atoms with Gasteiger partial charge in [-0.3, -0.25) is 9.69 Å². The summed E-state index contributed by atoms with van der Waals surface area (Å²) in [6.07, 6.45) is 0.705. The SMILES string of the molecule is CCOC(=O)CN1CC(C)C(=NO)CC1C. The third-order valence-corrected chi connectivity index (χ3v) is 2.97. The van der Waals surface area contributed by atoms with Crippen LogP contribution in [0.1, 0.15) is 27.2 Å². The van der Waals surface area contributed by atoms with Crippen LogP contribution >= 0.6 is 0 Å². The average Bonchev–Trinajstić information content (AvgIpc) is 2.23. The minimum atomic E-state index is -0.189. The van der Waals surface area contributed by atoms with Gasteiger partial charge in [-0.25, -0.2) is 0 Å². The minimum absolute atomic E-state index is 0.189. The van der Waals surface area contributed by atoms with Crippen LogP contribution < -0.4 is 0 Å². The van der Waals surface area contributed by atoms with Gasteiger partial charge in [0.1, 0.15) is 0 Å². The van der Waals surface area contributed by atoms with E-state index in [0.29, 0.717) is 19.6 Å². The number of nitrogens with zero attached hydrogens (tertiary/aromatic N) is 2. The summed E-state index contributed by atoms with van der Waals surface area (Å²) in [6.45, 7) is 7.30. The Morgan fingerprint density at radius 3 is 2.88 bits per heavy atom. The molecule has 2 atom stereocenters. The second-order valence-electron chi connectivity index (χ2n) is 4.28. The summed E-state index contributed by atoms with van der Waals surface area (Å²) in [5.74, 6) is 0.00145. The first kappa shape index (κ1) is 13.0. The van der Waals surface area contributed by atoms with Crippen molar-refractivity contribution in [2.45, 2.75) is 33.2 Å². The van der Waals surface area contributed by atoms with Crippen LogP contribution in [0, 0.1) is 5.92 Å². The molecular weight excluding hydrogens is 208 g/mol. The summed E-state index contributed by atoms with van der Waals surface area (Å²) >= 11 is 0. The van der Waals surface area contributed by atoms with Crippen molar-refractivity contribution in [3.63, 3.8) is 0 Å². The second-order valence-corrected chi connectivity index (χ2v) is 4.28. The van der Waals surface area contributed by atoms with Gasteiger partial charge in [0.15, 0.2) is 0 Å². The van der Waals surface area contributed by atoms with Gasteiger partial charge < -0.3 is 9.94 Å². The van der Waals surface area contributed by atoms with E-state index in [0.717, 1.165) is 12.3 Å². The van der Waals surface area contributed by atoms with E-state index >= 15 is 0 Å². The molecule has 0 bridgehead atoms. The topological polar surface area (TPSA) is 62.1 Å². The van der Waals surface area contributed by atoms with E-state index in [1.54, 1.807) is 6.92 Å². The molecule has 1 aliphatic heterocycles. The van der Waals surface area contributed by atoms with Gasteiger partial charge in [0.2, 0.25) is 0 Å². The predicted molar refractivity (Wildman–Crippen MR) is 60.7 cm³/mol. The number of carbonyl (C=O) groups is 1. The monoisotopic (exact) mass is 228 g/mol. The fraction of sp³-hybridized carbons (Fsp3) is 0.818. The Kier molecular flexibility index (Phi) is 4.73. The summed E-state index contributed by atoms with van der Waals surface area (Å²) in [5, 5.41) is 12.1. The van der Waals surface area contributed by atoms with Gasteiger partial charge in [0.25, 0.3) is 0 Å². The molecule has 92 valence electrons. The fourth-order valence-corrected chi connectivity index (χ4v) is 2.00. The number of piperidine rings is 1. The molecule has 0 saturated carbocycles. The van der Waals surface area contributed by atoms with Crippen molar-refractivity contribution >= 4 is 11.7 Å². The van der Waals surface area contributed by atoms with Crippen molar-refractivity contribution in [1.82, 2.24) is 4.90 Å². The Labute approximate surface area is 96.1 Å². The molecule has 1 aliphatic rings. The Morgan fingerprint density at radius 2 is 2.31 bits per heavy atom. The molecule has 0 spiro atoms. The number of likely N-dealkylation sites (tertiary alicyclic amines) is 1. The summed E-state index contributed by atoms with van der Waals surface area (Å²) in [4.78, 5) is 13.4. The van der Waals surface area contributed by atoms with Crippen molar-refractivity contribution < 1.29 is 14.7 Å². The highest BCUT2D eigenvalue weighted by Crippen LogP contribution is 2.19. The van der Waals surface area contributed by atoms with Gasteiger partial charge in [0, 0.05) is 24.9 Å². The average molecular weight is 228 g/mol. The zero-order chi connectivity index (χ0) is 12.1. The molecule has 0 amide bonds. The van der Waals surface area contributed by atoms with Crippen LogP contribution in [0.5, 0.6) is 0 Å². The molecule has 1 heterocycles. The highest BCUT2D eigenvalue weighted by molar-refractivity contribution is 5.87. The van der Waals surface area contributed by atoms with Crippen molar-refractivity contribution in [3.05, 3.63) is 0 Å². The number of carbonyl (C=O) groups excluding carboxylic acids is 1. The van der Waals surface area contributed by atoms with Crippen LogP contribution in [0.25, 0.3) is 0 Å². The van der Waals surface area contributed by atoms with Crippen molar-refractivity contribution in [2.24, 2.45) is 11.1 Å². The summed E-state index contributed by atoms with van der Waals surface area (Å²) in [6, 6.07) is 0.214. The quantitative estimate of drug-likeness (QED) is 0.446. The lowest BCUT2D eigenvalue weighted by molar-refractivity contribution is -0.145. The van der Waals surface area contributed by atoms with Crippen LogP contribution in [-0.2, 0) is 9.53 Å². The molecule has 0 aromatic carbocycles. The number of rotatable bonds is 3. The zero-order valence-electron chi connectivity index (χ0n) is 10.1. The van der Waals surface area contributed by atoms with E-state index in [2.05, 4.69) is 10.1 Å². The molecule has 0 radical (unpaired) electrons. The summed E-state index contributed by atoms with van der Waals surface area (Å²) in [5.41, 5.74) is 0.813. The zero-order valence-corrected chi connectivity index (χ0v) is 10.1. The van der Waals surface area contributed by atoms with E-state index in [4.69, 9.17) is 9.94 Å². The minimum Gasteiger partial charge on any atom is -0.465 e. The first-order chi connectivity index (χ1) is 7.58. The molecule has 0 aromatic heterocycles. The third-order valence-electron chi connectivity index (χ3n) is 2.97. The lowest BCUT2D eigenvalue weighted by Crippen LogP contribution is -2.47. The van der Waals surface area contributed by atoms with Crippen LogP contribution in [0.3, 0.4) is 0 Å². The van der Waals surface area contributed by atoms with Gasteiger partial charge in [-0.05, 0) is 13.8 Å². The molecule has 5 nitrogen and oxygen atoms in total. The van der Waals surface area contributed by atoms with Gasteiger partial charge in [-0.15, -0.1) is 0 Å². The Balaban J connectivity index is 2.53. The van der Waals surface area contributed by atoms with Crippen molar-refractivity contribution in [3.8, 4) is 0 Å². The van der Waals surface area contributed by atoms with E-state index in [1.807, 2.05) is 13.8 Å². The first-order valence-corrected chi connectivity index (χ1v) is 5.69. The molecule has 0 aromatic rings. The molecular formula is C11H20N2O3. The maximum absolute atomic E-state index is 11.4. The van der Waals surface area contributed by atoms with E-state index in [-0.39, 0.29) is 17.9 Å². The van der Waals surface area contributed by atoms with E-state index in [1.165, 1.54) is 0 Å². The smallest absolute Gasteiger partial charge is 0.320 e. The largest absolute Gasteiger partial charge is 0.465 e. The van der Waals surface area contributed by atoms with Crippen LogP contribution in [0.2, 0.25) is 0 Å². The maximum Gasteiger partial charge on any atom is 0.320 e. The molecule has 1 saturated heterocycles. The molecule has 1 N–H and O–H groups in total. The normalized spacial score (nSPS) is 29.3. The molecule has 1 rings (SSSR count). The number of hydrogen-bond acceptors (Lipinski definition) is 5. The standard InChI is InChI=1S/C11H20N2O3/c1-4-16-11(14)7-13-6-8(2)10(12-15)5-9(13)3/h8-9,15H,4-7H2,1-3H3. The van der Waals surface area contributed by atoms with Crippen LogP contribution in [0.4, 0.5) is 0 Å². The molecule has 1 fully saturated rings. The molecule has 2 unspecified atom stereocenters. The number of ether oxygens (including phenoxy) is 1. The van der Waals surface area contributed by atoms with Gasteiger partial charge in [-0.1, -0.05) is 12.1 Å². The van der Waals surface area contributed by atoms with Crippen LogP contribution in [0.15, 0.2) is 5.16 Å². The molecule has 16 heavy (non-hydrogen) atoms. The molecule has 0 aliphatic carbocycles. The number of esters is 1. The fourth-order valence-electron chi connectivity index (χ4n) is 2.00. The van der Waals surface area contributed by atoms with E-state index < -0.39 is 0 Å². The summed E-state index contributed by atoms with van der Waals surface area (Å²) < 4.78 is 4.92. The van der Waals surface area contributed by atoms with Crippen LogP contribution in [-0.4, -0.2) is 47.5 Å². The third kappa shape index (κ3) is 3.20. The van der Waals surface area contributed by atoms with Gasteiger partial charge >= 0.3 is 5.97 Å². The van der Waals surface area contributed by atoms with Gasteiger partial charge in [0.05, 0.1) is 18.9 Å². The molecule has 5 heteroatoms. The highest BCUT2D eigenvalue weighted by Gasteiger charge is 2.29. The lowest BCUT2D eigenvalue weighted by Gasteiger charge is -2.36. The van der Waals surface area contributed by atoms with Crippen molar-refractivity contribution in [2.75, 3.05) is 19.7 Å². The second kappa shape index (κ2) is 5.84. The highest BCUT2D eigenvalue weighted by atomic mass is 16.5. The number of oxime groups is 1. The predicted octanol–water partition coefficient (Wildman–Crippen LogP) is 1.11. The van der Waals surface area contributed by atoms with E-state index in [9.17, 15) is 4.79 Å². The summed E-state index contributed by atoms with van der Waals surface area (Å²) in [7, 11) is 0. The van der Waals surface area contributed by atoms with Gasteiger partial charge in [-0.2, -0.15) is 0 Å². The Bertz CT molecular complexity index is 278.